The van der Waals surface area contributed by atoms with E-state index in [1.54, 1.807) is 30.9 Å². The number of pyridine rings is 1. The zero-order valence-corrected chi connectivity index (χ0v) is 13.9. The number of amides is 2. The molecule has 3 atom stereocenters. The van der Waals surface area contributed by atoms with Crippen molar-refractivity contribution < 1.29 is 14.7 Å². The average Bonchev–Trinajstić information content (AvgIpc) is 2.52. The first-order chi connectivity index (χ1) is 11.4. The number of aliphatic carboxylic acids is 1. The Morgan fingerprint density at radius 3 is 2.67 bits per heavy atom. The Kier molecular flexibility index (Phi) is 4.34. The molecule has 7 heteroatoms. The summed E-state index contributed by atoms with van der Waals surface area (Å²) in [6, 6.07) is 4.03. The van der Waals surface area contributed by atoms with Crippen LogP contribution in [0.5, 0.6) is 0 Å². The van der Waals surface area contributed by atoms with Crippen molar-refractivity contribution in [1.82, 2.24) is 14.8 Å². The number of carboxylic acids is 1. The molecule has 2 aliphatic rings. The molecule has 2 aliphatic heterocycles. The quantitative estimate of drug-likeness (QED) is 0.866. The molecule has 1 aromatic rings. The Morgan fingerprint density at radius 2 is 2.00 bits per heavy atom. The van der Waals surface area contributed by atoms with Crippen LogP contribution in [0.3, 0.4) is 0 Å². The molecule has 3 rings (SSSR count). The first-order valence-corrected chi connectivity index (χ1v) is 8.34. The highest BCUT2D eigenvalue weighted by molar-refractivity contribution is 5.82. The van der Waals surface area contributed by atoms with Gasteiger partial charge < -0.3 is 19.9 Å². The van der Waals surface area contributed by atoms with Gasteiger partial charge in [-0.05, 0) is 24.3 Å². The molecule has 3 heterocycles. The van der Waals surface area contributed by atoms with Crippen molar-refractivity contribution in [1.29, 1.82) is 0 Å². The maximum atomic E-state index is 12.5. The van der Waals surface area contributed by atoms with E-state index in [9.17, 15) is 19.5 Å². The normalized spacial score (nSPS) is 23.5. The smallest absolute Gasteiger partial charge is 0.326 e. The molecule has 0 aliphatic carbocycles. The number of aromatic nitrogens is 1. The maximum Gasteiger partial charge on any atom is 0.326 e. The summed E-state index contributed by atoms with van der Waals surface area (Å²) in [5, 5.41) is 11.9. The van der Waals surface area contributed by atoms with Crippen LogP contribution in [-0.2, 0) is 11.3 Å². The van der Waals surface area contributed by atoms with Crippen LogP contribution < -0.4 is 10.9 Å². The van der Waals surface area contributed by atoms with E-state index in [1.165, 1.54) is 0 Å². The minimum atomic E-state index is -1.02. The molecule has 0 aromatic carbocycles. The lowest BCUT2D eigenvalue weighted by Gasteiger charge is -2.43. The zero-order valence-electron chi connectivity index (χ0n) is 13.9. The van der Waals surface area contributed by atoms with Gasteiger partial charge in [0.2, 0.25) is 0 Å². The number of carboxylic acid groups (broad SMARTS) is 1. The lowest BCUT2D eigenvalue weighted by atomic mass is 9.83. The minimum Gasteiger partial charge on any atom is -0.480 e. The molecule has 0 saturated carbocycles. The highest BCUT2D eigenvalue weighted by Crippen LogP contribution is 2.34. The number of carbonyl (C=O) groups excluding carboxylic acids is 1. The minimum absolute atomic E-state index is 0.00542. The standard InChI is InChI=1S/C17H23N3O4/c1-10(2)15(16(22)23)18-17(24)19-7-11-6-12(9-19)13-4-3-5-14(21)20(13)8-11/h3-5,10-12,15H,6-9H2,1-2H3,(H,18,24)(H,22,23)/t11-,12-,15+/m0/s1. The molecule has 1 aromatic heterocycles. The van der Waals surface area contributed by atoms with Crippen LogP contribution in [0.2, 0.25) is 0 Å². The summed E-state index contributed by atoms with van der Waals surface area (Å²) in [7, 11) is 0. The molecule has 1 fully saturated rings. The van der Waals surface area contributed by atoms with E-state index in [-0.39, 0.29) is 29.3 Å². The molecule has 24 heavy (non-hydrogen) atoms. The van der Waals surface area contributed by atoms with Gasteiger partial charge in [-0.25, -0.2) is 9.59 Å². The number of rotatable bonds is 3. The van der Waals surface area contributed by atoms with Crippen molar-refractivity contribution in [2.24, 2.45) is 11.8 Å². The largest absolute Gasteiger partial charge is 0.480 e. The molecule has 0 radical (unpaired) electrons. The molecule has 2 amide bonds. The SMILES string of the molecule is CC(C)[C@@H](NC(=O)N1C[C@@H]2C[C@@H](C1)c1cccc(=O)n1C2)C(=O)O. The number of hydrogen-bond donors (Lipinski definition) is 2. The number of hydrogen-bond acceptors (Lipinski definition) is 3. The van der Waals surface area contributed by atoms with Crippen LogP contribution in [-0.4, -0.2) is 45.7 Å². The van der Waals surface area contributed by atoms with Gasteiger partial charge in [0.05, 0.1) is 0 Å². The monoisotopic (exact) mass is 333 g/mol. The van der Waals surface area contributed by atoms with Crippen molar-refractivity contribution in [3.8, 4) is 0 Å². The molecular formula is C17H23N3O4. The van der Waals surface area contributed by atoms with Gasteiger partial charge in [-0.1, -0.05) is 19.9 Å². The molecular weight excluding hydrogens is 310 g/mol. The Labute approximate surface area is 140 Å². The topological polar surface area (TPSA) is 91.6 Å². The van der Waals surface area contributed by atoms with Crippen LogP contribution in [0, 0.1) is 11.8 Å². The van der Waals surface area contributed by atoms with E-state index in [0.717, 1.165) is 12.1 Å². The molecule has 0 spiro atoms. The summed E-state index contributed by atoms with van der Waals surface area (Å²) in [4.78, 5) is 37.5. The lowest BCUT2D eigenvalue weighted by molar-refractivity contribution is -0.140. The van der Waals surface area contributed by atoms with Gasteiger partial charge in [0.1, 0.15) is 6.04 Å². The summed E-state index contributed by atoms with van der Waals surface area (Å²) >= 11 is 0. The second-order valence-corrected chi connectivity index (χ2v) is 7.11. The third-order valence-corrected chi connectivity index (χ3v) is 4.98. The van der Waals surface area contributed by atoms with Crippen molar-refractivity contribution in [3.05, 3.63) is 34.2 Å². The third-order valence-electron chi connectivity index (χ3n) is 4.98. The van der Waals surface area contributed by atoms with Gasteiger partial charge in [0.25, 0.3) is 5.56 Å². The maximum absolute atomic E-state index is 12.5. The summed E-state index contributed by atoms with van der Waals surface area (Å²) < 4.78 is 1.81. The van der Waals surface area contributed by atoms with E-state index in [1.807, 2.05) is 10.6 Å². The van der Waals surface area contributed by atoms with Gasteiger partial charge >= 0.3 is 12.0 Å². The summed E-state index contributed by atoms with van der Waals surface area (Å²) in [6.07, 6.45) is 0.958. The van der Waals surface area contributed by atoms with E-state index in [4.69, 9.17) is 0 Å². The number of nitrogens with one attached hydrogen (secondary N) is 1. The van der Waals surface area contributed by atoms with Crippen LogP contribution >= 0.6 is 0 Å². The average molecular weight is 333 g/mol. The third kappa shape index (κ3) is 3.02. The van der Waals surface area contributed by atoms with Crippen molar-refractivity contribution >= 4 is 12.0 Å². The number of carbonyl (C=O) groups is 2. The molecule has 2 N–H and O–H groups in total. The van der Waals surface area contributed by atoms with Crippen LogP contribution in [0.4, 0.5) is 4.79 Å². The highest BCUT2D eigenvalue weighted by Gasteiger charge is 2.37. The highest BCUT2D eigenvalue weighted by atomic mass is 16.4. The van der Waals surface area contributed by atoms with Gasteiger partial charge in [-0.15, -0.1) is 0 Å². The van der Waals surface area contributed by atoms with Crippen LogP contribution in [0.1, 0.15) is 31.9 Å². The second-order valence-electron chi connectivity index (χ2n) is 7.11. The summed E-state index contributed by atoms with van der Waals surface area (Å²) in [6.45, 7) is 5.21. The van der Waals surface area contributed by atoms with Crippen molar-refractivity contribution in [2.45, 2.75) is 38.8 Å². The van der Waals surface area contributed by atoms with E-state index in [0.29, 0.717) is 19.6 Å². The molecule has 1 saturated heterocycles. The van der Waals surface area contributed by atoms with Gasteiger partial charge in [-0.2, -0.15) is 0 Å². The number of piperidine rings is 1. The van der Waals surface area contributed by atoms with E-state index >= 15 is 0 Å². The number of likely N-dealkylation sites (tertiary alicyclic amines) is 1. The Hall–Kier alpha value is -2.31. The van der Waals surface area contributed by atoms with Crippen molar-refractivity contribution in [3.63, 3.8) is 0 Å². The number of fused-ring (bicyclic) bond motifs is 4. The Bertz CT molecular complexity index is 712. The van der Waals surface area contributed by atoms with E-state index in [2.05, 4.69) is 5.32 Å². The Morgan fingerprint density at radius 1 is 1.25 bits per heavy atom. The molecule has 130 valence electrons. The summed E-state index contributed by atoms with van der Waals surface area (Å²) in [5.41, 5.74) is 0.973. The molecule has 7 nitrogen and oxygen atoms in total. The first kappa shape index (κ1) is 16.5. The summed E-state index contributed by atoms with van der Waals surface area (Å²) in [5.74, 6) is -0.855. The predicted octanol–water partition coefficient (Wildman–Crippen LogP) is 1.09. The van der Waals surface area contributed by atoms with E-state index < -0.39 is 12.0 Å². The van der Waals surface area contributed by atoms with Crippen LogP contribution in [0.25, 0.3) is 0 Å². The molecule has 2 bridgehead atoms. The van der Waals surface area contributed by atoms with Gasteiger partial charge in [0.15, 0.2) is 0 Å². The lowest BCUT2D eigenvalue weighted by Crippen LogP contribution is -2.55. The Balaban J connectivity index is 1.76. The first-order valence-electron chi connectivity index (χ1n) is 8.34. The molecule has 0 unspecified atom stereocenters. The van der Waals surface area contributed by atoms with Gasteiger partial charge in [-0.3, -0.25) is 4.79 Å². The fourth-order valence-electron chi connectivity index (χ4n) is 3.80. The number of urea groups is 1. The zero-order chi connectivity index (χ0) is 17.4. The van der Waals surface area contributed by atoms with Gasteiger partial charge in [0, 0.05) is 37.3 Å². The predicted molar refractivity (Wildman–Crippen MR) is 87.9 cm³/mol. The number of nitrogens with zero attached hydrogens (tertiary/aromatic N) is 2. The fraction of sp³-hybridized carbons (Fsp3) is 0.588. The van der Waals surface area contributed by atoms with Crippen molar-refractivity contribution in [2.75, 3.05) is 13.1 Å². The fourth-order valence-corrected chi connectivity index (χ4v) is 3.80. The second kappa shape index (κ2) is 6.30. The van der Waals surface area contributed by atoms with Crippen LogP contribution in [0.15, 0.2) is 23.0 Å².